The fourth-order valence-corrected chi connectivity index (χ4v) is 3.57. The lowest BCUT2D eigenvalue weighted by Gasteiger charge is -2.13. The van der Waals surface area contributed by atoms with Crippen LogP contribution in [0.15, 0.2) is 60.3 Å². The summed E-state index contributed by atoms with van der Waals surface area (Å²) in [6.45, 7) is 6.01. The van der Waals surface area contributed by atoms with Gasteiger partial charge in [0.05, 0.1) is 21.2 Å². The molecular weight excluding hydrogens is 383 g/mol. The zero-order chi connectivity index (χ0) is 20.3. The molecule has 0 bridgehead atoms. The summed E-state index contributed by atoms with van der Waals surface area (Å²) in [5, 5.41) is 13.6. The van der Waals surface area contributed by atoms with Crippen molar-refractivity contribution in [3.05, 3.63) is 71.1 Å². The lowest BCUT2D eigenvalue weighted by Crippen LogP contribution is -2.23. The Bertz CT molecular complexity index is 1070. The molecule has 144 valence electrons. The van der Waals surface area contributed by atoms with Crippen molar-refractivity contribution in [3.63, 3.8) is 0 Å². The monoisotopic (exact) mass is 400 g/mol. The first-order valence-electron chi connectivity index (χ1n) is 8.38. The lowest BCUT2D eigenvalue weighted by atomic mass is 10.2. The normalized spacial score (nSPS) is 11.9. The van der Waals surface area contributed by atoms with Gasteiger partial charge in [0.1, 0.15) is 0 Å². The molecular formula is C19H17FN4O3S. The van der Waals surface area contributed by atoms with Crippen LogP contribution in [0.5, 0.6) is 0 Å². The highest BCUT2D eigenvalue weighted by Crippen LogP contribution is 2.28. The van der Waals surface area contributed by atoms with Gasteiger partial charge in [-0.3, -0.25) is 14.9 Å². The highest BCUT2D eigenvalue weighted by atomic mass is 32.2. The average Bonchev–Trinajstić information content (AvgIpc) is 3.00. The Morgan fingerprint density at radius 3 is 2.89 bits per heavy atom. The number of allylic oxidation sites excluding steroid dienone is 1. The van der Waals surface area contributed by atoms with E-state index in [0.29, 0.717) is 11.7 Å². The van der Waals surface area contributed by atoms with Gasteiger partial charge in [0.2, 0.25) is 11.7 Å². The van der Waals surface area contributed by atoms with Gasteiger partial charge in [-0.2, -0.15) is 4.39 Å². The molecule has 0 aliphatic heterocycles. The fourth-order valence-electron chi connectivity index (χ4n) is 2.63. The quantitative estimate of drug-likeness (QED) is 0.275. The van der Waals surface area contributed by atoms with Crippen molar-refractivity contribution < 1.29 is 14.1 Å². The van der Waals surface area contributed by atoms with Crippen LogP contribution in [0.1, 0.15) is 6.92 Å². The number of nitro benzene ring substituents is 1. The molecule has 28 heavy (non-hydrogen) atoms. The van der Waals surface area contributed by atoms with Gasteiger partial charge in [-0.25, -0.2) is 4.98 Å². The number of nitro groups is 1. The van der Waals surface area contributed by atoms with Crippen LogP contribution in [0, 0.1) is 15.9 Å². The number of aromatic nitrogens is 2. The number of fused-ring (bicyclic) bond motifs is 1. The summed E-state index contributed by atoms with van der Waals surface area (Å²) < 4.78 is 15.4. The first-order valence-corrected chi connectivity index (χ1v) is 9.26. The molecule has 1 atom stereocenters. The van der Waals surface area contributed by atoms with E-state index in [2.05, 4.69) is 16.9 Å². The molecule has 9 heteroatoms. The van der Waals surface area contributed by atoms with Crippen molar-refractivity contribution in [1.29, 1.82) is 0 Å². The van der Waals surface area contributed by atoms with Gasteiger partial charge in [-0.05, 0) is 31.2 Å². The largest absolute Gasteiger partial charge is 0.325 e. The Hall–Kier alpha value is -3.20. The summed E-state index contributed by atoms with van der Waals surface area (Å²) in [6.07, 6.45) is 1.75. The zero-order valence-corrected chi connectivity index (χ0v) is 15.8. The van der Waals surface area contributed by atoms with Crippen molar-refractivity contribution in [2.75, 3.05) is 5.32 Å². The van der Waals surface area contributed by atoms with Gasteiger partial charge in [0.25, 0.3) is 0 Å². The topological polar surface area (TPSA) is 90.1 Å². The number of nitrogens with one attached hydrogen (secondary N) is 1. The Labute approximate surface area is 164 Å². The van der Waals surface area contributed by atoms with Crippen LogP contribution in [0.2, 0.25) is 0 Å². The molecule has 1 N–H and O–H groups in total. The van der Waals surface area contributed by atoms with E-state index in [0.717, 1.165) is 23.2 Å². The Morgan fingerprint density at radius 1 is 1.43 bits per heavy atom. The summed E-state index contributed by atoms with van der Waals surface area (Å²) in [5.41, 5.74) is 1.22. The molecule has 7 nitrogen and oxygen atoms in total. The first-order chi connectivity index (χ1) is 13.4. The highest BCUT2D eigenvalue weighted by Gasteiger charge is 2.21. The third-order valence-corrected chi connectivity index (χ3v) is 5.08. The summed E-state index contributed by atoms with van der Waals surface area (Å²) in [4.78, 5) is 27.1. The van der Waals surface area contributed by atoms with E-state index in [1.54, 1.807) is 13.0 Å². The molecule has 3 rings (SSSR count). The number of hydrogen-bond acceptors (Lipinski definition) is 5. The van der Waals surface area contributed by atoms with Crippen LogP contribution < -0.4 is 5.32 Å². The lowest BCUT2D eigenvalue weighted by molar-refractivity contribution is -0.387. The van der Waals surface area contributed by atoms with Crippen LogP contribution in [0.3, 0.4) is 0 Å². The number of carbonyl (C=O) groups excluding carboxylic acids is 1. The molecule has 0 aliphatic rings. The SMILES string of the molecule is C=CCn1c(SC(C)C(=O)Nc2ccc(F)c([N+](=O)[O-])c2)nc2ccccc21. The van der Waals surface area contributed by atoms with E-state index in [1.165, 1.54) is 17.8 Å². The number of anilines is 1. The van der Waals surface area contributed by atoms with Crippen LogP contribution in [0.4, 0.5) is 15.8 Å². The van der Waals surface area contributed by atoms with Gasteiger partial charge in [0.15, 0.2) is 5.16 Å². The second-order valence-corrected chi connectivity index (χ2v) is 7.26. The van der Waals surface area contributed by atoms with E-state index in [-0.39, 0.29) is 11.6 Å². The zero-order valence-electron chi connectivity index (χ0n) is 15.0. The third-order valence-electron chi connectivity index (χ3n) is 3.99. The third kappa shape index (κ3) is 4.04. The van der Waals surface area contributed by atoms with Gasteiger partial charge < -0.3 is 9.88 Å². The number of nitrogens with zero attached hydrogens (tertiary/aromatic N) is 3. The molecule has 3 aromatic rings. The average molecular weight is 400 g/mol. The molecule has 1 aromatic heterocycles. The molecule has 0 spiro atoms. The number of thioether (sulfide) groups is 1. The molecule has 0 saturated carbocycles. The van der Waals surface area contributed by atoms with Crippen molar-refractivity contribution in [1.82, 2.24) is 9.55 Å². The molecule has 0 radical (unpaired) electrons. The van der Waals surface area contributed by atoms with Crippen LogP contribution in [-0.2, 0) is 11.3 Å². The van der Waals surface area contributed by atoms with E-state index in [1.807, 2.05) is 28.8 Å². The maximum absolute atomic E-state index is 13.4. The minimum absolute atomic E-state index is 0.158. The number of imidazole rings is 1. The maximum Gasteiger partial charge on any atom is 0.306 e. The second kappa shape index (κ2) is 8.22. The molecule has 1 heterocycles. The van der Waals surface area contributed by atoms with E-state index in [9.17, 15) is 19.3 Å². The van der Waals surface area contributed by atoms with Gasteiger partial charge in [0, 0.05) is 18.3 Å². The standard InChI is InChI=1S/C19H17FN4O3S/c1-3-10-23-16-7-5-4-6-15(16)22-19(23)28-12(2)18(25)21-13-8-9-14(20)17(11-13)24(26)27/h3-9,11-12H,1,10H2,2H3,(H,21,25). The minimum atomic E-state index is -0.955. The molecule has 0 fully saturated rings. The predicted octanol–water partition coefficient (Wildman–Crippen LogP) is 4.39. The molecule has 0 aliphatic carbocycles. The van der Waals surface area contributed by atoms with E-state index < -0.39 is 21.7 Å². The van der Waals surface area contributed by atoms with Gasteiger partial charge in [-0.15, -0.1) is 6.58 Å². The van der Waals surface area contributed by atoms with E-state index >= 15 is 0 Å². The number of carbonyl (C=O) groups is 1. The van der Waals surface area contributed by atoms with Gasteiger partial charge >= 0.3 is 5.69 Å². The van der Waals surface area contributed by atoms with Crippen molar-refractivity contribution >= 4 is 40.1 Å². The van der Waals surface area contributed by atoms with Gasteiger partial charge in [-0.1, -0.05) is 30.0 Å². The first kappa shape index (κ1) is 19.6. The number of halogens is 1. The predicted molar refractivity (Wildman–Crippen MR) is 107 cm³/mol. The minimum Gasteiger partial charge on any atom is -0.325 e. The van der Waals surface area contributed by atoms with Crippen molar-refractivity contribution in [3.8, 4) is 0 Å². The van der Waals surface area contributed by atoms with Crippen LogP contribution >= 0.6 is 11.8 Å². The molecule has 0 saturated heterocycles. The molecule has 1 amide bonds. The maximum atomic E-state index is 13.4. The summed E-state index contributed by atoms with van der Waals surface area (Å²) in [5.74, 6) is -1.33. The number of rotatable bonds is 7. The van der Waals surface area contributed by atoms with Crippen LogP contribution in [-0.4, -0.2) is 25.6 Å². The summed E-state index contributed by atoms with van der Waals surface area (Å²) >= 11 is 1.26. The smallest absolute Gasteiger partial charge is 0.306 e. The number of para-hydroxylation sites is 2. The van der Waals surface area contributed by atoms with Crippen molar-refractivity contribution in [2.24, 2.45) is 0 Å². The Balaban J connectivity index is 1.79. The Morgan fingerprint density at radius 2 is 2.18 bits per heavy atom. The number of amides is 1. The highest BCUT2D eigenvalue weighted by molar-refractivity contribution is 8.00. The molecule has 2 aromatic carbocycles. The number of benzene rings is 2. The second-order valence-electron chi connectivity index (χ2n) is 5.96. The molecule has 1 unspecified atom stereocenters. The van der Waals surface area contributed by atoms with Crippen LogP contribution in [0.25, 0.3) is 11.0 Å². The fraction of sp³-hybridized carbons (Fsp3) is 0.158. The van der Waals surface area contributed by atoms with E-state index in [4.69, 9.17) is 0 Å². The summed E-state index contributed by atoms with van der Waals surface area (Å²) in [7, 11) is 0. The Kier molecular flexibility index (Phi) is 5.74. The summed E-state index contributed by atoms with van der Waals surface area (Å²) in [6, 6.07) is 10.9. The number of hydrogen-bond donors (Lipinski definition) is 1. The van der Waals surface area contributed by atoms with Crippen molar-refractivity contribution in [2.45, 2.75) is 23.9 Å².